The van der Waals surface area contributed by atoms with Crippen LogP contribution in [-0.4, -0.2) is 59.0 Å². The first-order valence-corrected chi connectivity index (χ1v) is 10.8. The molecule has 1 aromatic carbocycles. The highest BCUT2D eigenvalue weighted by atomic mass is 16.5. The van der Waals surface area contributed by atoms with Crippen LogP contribution >= 0.6 is 0 Å². The van der Waals surface area contributed by atoms with E-state index in [1.54, 1.807) is 12.4 Å². The molecule has 29 heavy (non-hydrogen) atoms. The zero-order valence-corrected chi connectivity index (χ0v) is 17.1. The van der Waals surface area contributed by atoms with Gasteiger partial charge in [-0.25, -0.2) is 0 Å². The summed E-state index contributed by atoms with van der Waals surface area (Å²) in [5.74, 6) is 0.239. The van der Waals surface area contributed by atoms with E-state index in [4.69, 9.17) is 4.74 Å². The Bertz CT molecular complexity index is 762. The van der Waals surface area contributed by atoms with E-state index in [1.807, 2.05) is 23.1 Å². The maximum Gasteiger partial charge on any atom is 0.236 e. The molecule has 0 spiro atoms. The van der Waals surface area contributed by atoms with Crippen LogP contribution in [-0.2, 0) is 22.6 Å². The van der Waals surface area contributed by atoms with Gasteiger partial charge in [0.2, 0.25) is 5.91 Å². The summed E-state index contributed by atoms with van der Waals surface area (Å²) in [5, 5.41) is 0. The normalized spacial score (nSPS) is 21.4. The van der Waals surface area contributed by atoms with Crippen molar-refractivity contribution in [3.05, 3.63) is 66.0 Å². The highest BCUT2D eigenvalue weighted by Crippen LogP contribution is 2.25. The Kier molecular flexibility index (Phi) is 6.91. The van der Waals surface area contributed by atoms with Gasteiger partial charge < -0.3 is 9.64 Å². The van der Waals surface area contributed by atoms with E-state index in [-0.39, 0.29) is 12.0 Å². The van der Waals surface area contributed by atoms with E-state index in [0.29, 0.717) is 25.7 Å². The van der Waals surface area contributed by atoms with Gasteiger partial charge in [-0.2, -0.15) is 0 Å². The molecule has 0 N–H and O–H groups in total. The molecule has 0 bridgehead atoms. The molecule has 1 aromatic heterocycles. The molecular formula is C24H31N3O2. The van der Waals surface area contributed by atoms with Gasteiger partial charge in [-0.1, -0.05) is 43.2 Å². The van der Waals surface area contributed by atoms with Crippen molar-refractivity contribution >= 4 is 5.91 Å². The monoisotopic (exact) mass is 393 g/mol. The van der Waals surface area contributed by atoms with Crippen LogP contribution < -0.4 is 0 Å². The van der Waals surface area contributed by atoms with E-state index in [0.717, 1.165) is 25.1 Å². The average molecular weight is 394 g/mol. The number of aromatic nitrogens is 1. The van der Waals surface area contributed by atoms with Crippen LogP contribution in [0, 0.1) is 0 Å². The van der Waals surface area contributed by atoms with Crippen molar-refractivity contribution in [3.63, 3.8) is 0 Å². The molecule has 4 rings (SSSR count). The molecule has 1 unspecified atom stereocenters. The topological polar surface area (TPSA) is 45.7 Å². The molecule has 5 heteroatoms. The number of ether oxygens (including phenoxy) is 1. The van der Waals surface area contributed by atoms with Crippen molar-refractivity contribution in [1.82, 2.24) is 14.8 Å². The fourth-order valence-corrected chi connectivity index (χ4v) is 4.48. The van der Waals surface area contributed by atoms with E-state index in [2.05, 4.69) is 34.1 Å². The van der Waals surface area contributed by atoms with Crippen LogP contribution in [0.5, 0.6) is 0 Å². The number of nitrogens with zero attached hydrogens (tertiary/aromatic N) is 3. The van der Waals surface area contributed by atoms with Gasteiger partial charge in [0.05, 0.1) is 19.3 Å². The molecule has 2 aromatic rings. The summed E-state index contributed by atoms with van der Waals surface area (Å²) in [6, 6.07) is 14.9. The van der Waals surface area contributed by atoms with Crippen LogP contribution in [0.4, 0.5) is 0 Å². The highest BCUT2D eigenvalue weighted by Gasteiger charge is 2.33. The largest absolute Gasteiger partial charge is 0.370 e. The van der Waals surface area contributed by atoms with Gasteiger partial charge in [0.25, 0.3) is 0 Å². The third kappa shape index (κ3) is 5.64. The van der Waals surface area contributed by atoms with Crippen molar-refractivity contribution in [2.75, 3.05) is 26.2 Å². The van der Waals surface area contributed by atoms with Crippen molar-refractivity contribution in [1.29, 1.82) is 0 Å². The van der Waals surface area contributed by atoms with Gasteiger partial charge in [0.15, 0.2) is 0 Å². The second kappa shape index (κ2) is 9.99. The first kappa shape index (κ1) is 20.0. The Hall–Kier alpha value is -2.24. The summed E-state index contributed by atoms with van der Waals surface area (Å²) in [7, 11) is 0. The van der Waals surface area contributed by atoms with E-state index < -0.39 is 0 Å². The number of pyridine rings is 1. The lowest BCUT2D eigenvalue weighted by Crippen LogP contribution is -2.41. The minimum absolute atomic E-state index is 0.0333. The minimum Gasteiger partial charge on any atom is -0.370 e. The number of hydrogen-bond donors (Lipinski definition) is 0. The summed E-state index contributed by atoms with van der Waals surface area (Å²) in [6.07, 6.45) is 9.46. The summed E-state index contributed by atoms with van der Waals surface area (Å²) in [6.45, 7) is 3.33. The third-order valence-corrected chi connectivity index (χ3v) is 6.14. The number of amides is 1. The average Bonchev–Trinajstić information content (AvgIpc) is 3.25. The molecule has 1 saturated heterocycles. The van der Waals surface area contributed by atoms with Crippen molar-refractivity contribution in [3.8, 4) is 0 Å². The van der Waals surface area contributed by atoms with E-state index >= 15 is 0 Å². The minimum atomic E-state index is 0.0333. The lowest BCUT2D eigenvalue weighted by atomic mass is 10.1. The predicted molar refractivity (Wildman–Crippen MR) is 113 cm³/mol. The summed E-state index contributed by atoms with van der Waals surface area (Å²) in [4.78, 5) is 21.5. The van der Waals surface area contributed by atoms with Gasteiger partial charge in [-0.05, 0) is 42.5 Å². The number of benzene rings is 1. The molecule has 0 radical (unpaired) electrons. The number of hydrogen-bond acceptors (Lipinski definition) is 4. The summed E-state index contributed by atoms with van der Waals surface area (Å²) in [5.41, 5.74) is 2.39. The van der Waals surface area contributed by atoms with E-state index in [9.17, 15) is 4.79 Å². The summed E-state index contributed by atoms with van der Waals surface area (Å²) >= 11 is 0. The second-order valence-electron chi connectivity index (χ2n) is 8.23. The molecule has 2 heterocycles. The van der Waals surface area contributed by atoms with Crippen LogP contribution in [0.25, 0.3) is 0 Å². The zero-order valence-electron chi connectivity index (χ0n) is 17.1. The molecule has 5 nitrogen and oxygen atoms in total. The lowest BCUT2D eigenvalue weighted by molar-refractivity contribution is -0.132. The van der Waals surface area contributed by atoms with Crippen molar-refractivity contribution in [2.45, 2.75) is 50.9 Å². The quantitative estimate of drug-likeness (QED) is 0.724. The Labute approximate surface area is 173 Å². The first-order valence-electron chi connectivity index (χ1n) is 10.8. The number of carbonyl (C=O) groups excluding carboxylic acids is 1. The first-order chi connectivity index (χ1) is 14.3. The maximum atomic E-state index is 13.0. The van der Waals surface area contributed by atoms with Crippen LogP contribution in [0.3, 0.4) is 0 Å². The van der Waals surface area contributed by atoms with E-state index in [1.165, 1.54) is 31.2 Å². The van der Waals surface area contributed by atoms with Gasteiger partial charge in [-0.15, -0.1) is 0 Å². The fourth-order valence-electron chi connectivity index (χ4n) is 4.48. The fraction of sp³-hybridized carbons (Fsp3) is 0.500. The zero-order chi connectivity index (χ0) is 19.9. The maximum absolute atomic E-state index is 13.0. The molecular weight excluding hydrogens is 362 g/mol. The summed E-state index contributed by atoms with van der Waals surface area (Å²) < 4.78 is 6.31. The van der Waals surface area contributed by atoms with Gasteiger partial charge in [0, 0.05) is 38.1 Å². The highest BCUT2D eigenvalue weighted by molar-refractivity contribution is 5.78. The molecule has 1 aliphatic carbocycles. The predicted octanol–water partition coefficient (Wildman–Crippen LogP) is 3.30. The molecule has 1 atom stereocenters. The molecule has 1 amide bonds. The third-order valence-electron chi connectivity index (χ3n) is 6.14. The van der Waals surface area contributed by atoms with Crippen LogP contribution in [0.15, 0.2) is 54.9 Å². The SMILES string of the molecule is O=C1CN(C2CCCC2)CC(OCc2ccncc2)CN1CCc1ccccc1. The van der Waals surface area contributed by atoms with Gasteiger partial charge in [0.1, 0.15) is 0 Å². The Morgan fingerprint density at radius 1 is 0.966 bits per heavy atom. The molecule has 154 valence electrons. The second-order valence-corrected chi connectivity index (χ2v) is 8.23. The Balaban J connectivity index is 1.42. The van der Waals surface area contributed by atoms with Crippen molar-refractivity contribution in [2.24, 2.45) is 0 Å². The Morgan fingerprint density at radius 2 is 1.72 bits per heavy atom. The van der Waals surface area contributed by atoms with Crippen LogP contribution in [0.2, 0.25) is 0 Å². The molecule has 1 saturated carbocycles. The van der Waals surface area contributed by atoms with Gasteiger partial charge >= 0.3 is 0 Å². The Morgan fingerprint density at radius 3 is 2.48 bits per heavy atom. The number of rotatable bonds is 7. The van der Waals surface area contributed by atoms with Crippen molar-refractivity contribution < 1.29 is 9.53 Å². The smallest absolute Gasteiger partial charge is 0.236 e. The standard InChI is InChI=1S/C24H31N3O2/c28-24-18-27(22-8-4-5-9-22)17-23(29-19-21-10-13-25-14-11-21)16-26(24)15-12-20-6-2-1-3-7-20/h1-3,6-7,10-11,13-14,22-23H,4-5,8-9,12,15-19H2. The molecule has 1 aliphatic heterocycles. The number of carbonyl (C=O) groups is 1. The molecule has 2 aliphatic rings. The van der Waals surface area contributed by atoms with Gasteiger partial charge in [-0.3, -0.25) is 14.7 Å². The lowest BCUT2D eigenvalue weighted by Gasteiger charge is -2.28. The molecule has 2 fully saturated rings. The van der Waals surface area contributed by atoms with Crippen LogP contribution in [0.1, 0.15) is 36.8 Å².